The van der Waals surface area contributed by atoms with Gasteiger partial charge in [-0.05, 0) is 76.1 Å². The average molecular weight is 669 g/mol. The quantitative estimate of drug-likeness (QED) is 0.184. The summed E-state index contributed by atoms with van der Waals surface area (Å²) in [6, 6.07) is 14.3. The molecule has 4 rings (SSSR count). The van der Waals surface area contributed by atoms with Gasteiger partial charge >= 0.3 is 0 Å². The van der Waals surface area contributed by atoms with Crippen molar-refractivity contribution in [2.75, 3.05) is 24.6 Å². The summed E-state index contributed by atoms with van der Waals surface area (Å²) < 4.78 is 25.7. The minimum Gasteiger partial charge on any atom is -0.484 e. The molecule has 0 fully saturated rings. The van der Waals surface area contributed by atoms with Gasteiger partial charge in [-0.3, -0.25) is 0 Å². The molecule has 2 aromatic rings. The number of fused-ring (bicyclic) bond motifs is 1. The second kappa shape index (κ2) is 14.7. The highest BCUT2D eigenvalue weighted by Gasteiger charge is 2.41. The first-order chi connectivity index (χ1) is 22.3. The summed E-state index contributed by atoms with van der Waals surface area (Å²) in [5.74, 6) is 1.31. The summed E-state index contributed by atoms with van der Waals surface area (Å²) >= 11 is 1.53. The van der Waals surface area contributed by atoms with E-state index in [0.29, 0.717) is 23.7 Å². The van der Waals surface area contributed by atoms with E-state index < -0.39 is 14.6 Å². The SMILES string of the molecule is CCN(CC)c1ccc(/C=C/c2sc(/C=C/C3=C(C#N)C(=C(C#N)C#N)OC3(C)C)c3c2OCC(C(O[SiH](C)C)C(C)(C)C)O3)cc1. The van der Waals surface area contributed by atoms with E-state index in [0.717, 1.165) is 28.4 Å². The lowest BCUT2D eigenvalue weighted by atomic mass is 9.86. The van der Waals surface area contributed by atoms with Crippen LogP contribution in [0.2, 0.25) is 13.1 Å². The van der Waals surface area contributed by atoms with Crippen LogP contribution in [0.15, 0.2) is 52.8 Å². The maximum absolute atomic E-state index is 10.0. The number of rotatable bonds is 10. The molecule has 8 nitrogen and oxygen atoms in total. The van der Waals surface area contributed by atoms with Crippen LogP contribution in [-0.4, -0.2) is 46.5 Å². The molecule has 2 aliphatic rings. The van der Waals surface area contributed by atoms with Crippen molar-refractivity contribution in [1.82, 2.24) is 0 Å². The molecule has 2 unspecified atom stereocenters. The molecule has 0 amide bonds. The largest absolute Gasteiger partial charge is 0.484 e. The van der Waals surface area contributed by atoms with E-state index in [1.807, 2.05) is 44.2 Å². The first-order valence-corrected chi connectivity index (χ1v) is 19.6. The summed E-state index contributed by atoms with van der Waals surface area (Å²) in [5, 5.41) is 29.0. The van der Waals surface area contributed by atoms with E-state index in [1.54, 1.807) is 0 Å². The van der Waals surface area contributed by atoms with Crippen LogP contribution in [0.25, 0.3) is 18.2 Å². The van der Waals surface area contributed by atoms with Crippen LogP contribution in [0.1, 0.15) is 63.8 Å². The number of nitriles is 3. The van der Waals surface area contributed by atoms with Crippen LogP contribution in [0.4, 0.5) is 5.69 Å². The lowest BCUT2D eigenvalue weighted by Gasteiger charge is -2.39. The maximum atomic E-state index is 10.0. The topological polar surface area (TPSA) is 112 Å². The molecule has 0 bridgehead atoms. The van der Waals surface area contributed by atoms with Gasteiger partial charge in [0.2, 0.25) is 0 Å². The monoisotopic (exact) mass is 668 g/mol. The van der Waals surface area contributed by atoms with Gasteiger partial charge in [0.1, 0.15) is 36.0 Å². The number of thiophene rings is 1. The van der Waals surface area contributed by atoms with Crippen molar-refractivity contribution in [3.05, 3.63) is 68.1 Å². The van der Waals surface area contributed by atoms with E-state index >= 15 is 0 Å². The summed E-state index contributed by atoms with van der Waals surface area (Å²) in [6.07, 6.45) is 7.35. The van der Waals surface area contributed by atoms with Gasteiger partial charge in [0.15, 0.2) is 38.0 Å². The maximum Gasteiger partial charge on any atom is 0.180 e. The summed E-state index contributed by atoms with van der Waals surface area (Å²) in [4.78, 5) is 4.03. The molecule has 10 heteroatoms. The van der Waals surface area contributed by atoms with Gasteiger partial charge in [0, 0.05) is 24.4 Å². The van der Waals surface area contributed by atoms with Crippen LogP contribution >= 0.6 is 11.3 Å². The van der Waals surface area contributed by atoms with E-state index in [2.05, 4.69) is 89.0 Å². The molecular formula is C37H44N4O4SSi. The van der Waals surface area contributed by atoms with Crippen LogP contribution < -0.4 is 14.4 Å². The molecule has 1 aromatic heterocycles. The number of allylic oxidation sites excluding steroid dienone is 2. The van der Waals surface area contributed by atoms with Crippen molar-refractivity contribution in [2.45, 2.75) is 79.4 Å². The van der Waals surface area contributed by atoms with Crippen LogP contribution in [0, 0.1) is 39.4 Å². The highest BCUT2D eigenvalue weighted by molar-refractivity contribution is 7.14. The Bertz CT molecular complexity index is 1700. The smallest absolute Gasteiger partial charge is 0.180 e. The fourth-order valence-corrected chi connectivity index (χ4v) is 7.90. The molecule has 1 aromatic carbocycles. The molecule has 246 valence electrons. The third-order valence-corrected chi connectivity index (χ3v) is 9.98. The van der Waals surface area contributed by atoms with Crippen LogP contribution in [-0.2, 0) is 9.16 Å². The molecular weight excluding hydrogens is 625 g/mol. The molecule has 0 radical (unpaired) electrons. The number of hydrogen-bond acceptors (Lipinski definition) is 9. The minimum atomic E-state index is -1.39. The zero-order valence-corrected chi connectivity index (χ0v) is 30.8. The second-order valence-corrected chi connectivity index (χ2v) is 16.8. The third kappa shape index (κ3) is 7.83. The molecule has 2 aliphatic heterocycles. The molecule has 47 heavy (non-hydrogen) atoms. The Labute approximate surface area is 285 Å². The van der Waals surface area contributed by atoms with E-state index in [4.69, 9.17) is 18.6 Å². The minimum absolute atomic E-state index is 0.00802. The number of hydrogen-bond donors (Lipinski definition) is 0. The van der Waals surface area contributed by atoms with Gasteiger partial charge in [-0.15, -0.1) is 11.3 Å². The van der Waals surface area contributed by atoms with E-state index in [1.165, 1.54) is 17.0 Å². The summed E-state index contributed by atoms with van der Waals surface area (Å²) in [5.41, 5.74) is 1.66. The number of benzene rings is 1. The molecule has 3 heterocycles. The number of nitrogens with zero attached hydrogens (tertiary/aromatic N) is 4. The summed E-state index contributed by atoms with van der Waals surface area (Å²) in [6.45, 7) is 21.0. The van der Waals surface area contributed by atoms with Crippen molar-refractivity contribution in [1.29, 1.82) is 15.8 Å². The standard InChI is InChI=1S/C37H44N4O4SSi/c1-10-41(11-2)26-15-12-24(13-16-26)14-18-30-33-34(43-29(23-42-33)35(36(3,4)5)45-47(8)9)31(46-30)19-17-28-27(22-40)32(25(20-38)21-39)44-37(28,6)7/h12-19,29,35,47H,10-11,23H2,1-9H3/b18-14+,19-17+. The van der Waals surface area contributed by atoms with Gasteiger partial charge < -0.3 is 23.5 Å². The zero-order chi connectivity index (χ0) is 34.5. The average Bonchev–Trinajstić information content (AvgIpc) is 3.50. The van der Waals surface area contributed by atoms with Gasteiger partial charge in [-0.2, -0.15) is 15.8 Å². The van der Waals surface area contributed by atoms with Gasteiger partial charge in [-0.1, -0.05) is 45.1 Å². The van der Waals surface area contributed by atoms with E-state index in [-0.39, 0.29) is 34.5 Å². The Morgan fingerprint density at radius 1 is 1.02 bits per heavy atom. The molecule has 0 aliphatic carbocycles. The zero-order valence-electron chi connectivity index (χ0n) is 28.8. The van der Waals surface area contributed by atoms with Gasteiger partial charge in [0.05, 0.1) is 15.9 Å². The molecule has 2 atom stereocenters. The third-order valence-electron chi connectivity index (χ3n) is 8.06. The van der Waals surface area contributed by atoms with Crippen molar-refractivity contribution in [2.24, 2.45) is 5.41 Å². The Balaban J connectivity index is 1.78. The van der Waals surface area contributed by atoms with Crippen LogP contribution in [0.5, 0.6) is 11.5 Å². The molecule has 0 saturated carbocycles. The van der Waals surface area contributed by atoms with Gasteiger partial charge in [0.25, 0.3) is 0 Å². The Kier molecular flexibility index (Phi) is 11.1. The predicted molar refractivity (Wildman–Crippen MR) is 191 cm³/mol. The fraction of sp³-hybridized carbons (Fsp3) is 0.432. The first kappa shape index (κ1) is 35.6. The highest BCUT2D eigenvalue weighted by atomic mass is 32.1. The second-order valence-electron chi connectivity index (χ2n) is 13.3. The van der Waals surface area contributed by atoms with Crippen molar-refractivity contribution < 1.29 is 18.6 Å². The number of anilines is 1. The van der Waals surface area contributed by atoms with Crippen molar-refractivity contribution >= 4 is 44.3 Å². The molecule has 0 spiro atoms. The fourth-order valence-electron chi connectivity index (χ4n) is 5.74. The van der Waals surface area contributed by atoms with E-state index in [9.17, 15) is 15.8 Å². The Morgan fingerprint density at radius 2 is 1.64 bits per heavy atom. The highest BCUT2D eigenvalue weighted by Crippen LogP contribution is 2.49. The van der Waals surface area contributed by atoms with Crippen molar-refractivity contribution in [3.8, 4) is 29.7 Å². The lowest BCUT2D eigenvalue weighted by molar-refractivity contribution is -0.0470. The van der Waals surface area contributed by atoms with Crippen molar-refractivity contribution in [3.63, 3.8) is 0 Å². The predicted octanol–water partition coefficient (Wildman–Crippen LogP) is 8.26. The first-order valence-electron chi connectivity index (χ1n) is 16.0. The molecule has 0 N–H and O–H groups in total. The normalized spacial score (nSPS) is 17.9. The lowest BCUT2D eigenvalue weighted by Crippen LogP contribution is -2.49. The number of ether oxygens (including phenoxy) is 3. The van der Waals surface area contributed by atoms with Crippen LogP contribution in [0.3, 0.4) is 0 Å². The Morgan fingerprint density at radius 3 is 2.19 bits per heavy atom. The Hall–Kier alpha value is -4.27. The summed E-state index contributed by atoms with van der Waals surface area (Å²) in [7, 11) is -1.39. The molecule has 0 saturated heterocycles. The van der Waals surface area contributed by atoms with Gasteiger partial charge in [-0.25, -0.2) is 0 Å².